The zero-order valence-corrected chi connectivity index (χ0v) is 7.77. The predicted octanol–water partition coefficient (Wildman–Crippen LogP) is 0.534. The van der Waals surface area contributed by atoms with Gasteiger partial charge in [0, 0.05) is 25.2 Å². The molecule has 13 heavy (non-hydrogen) atoms. The fourth-order valence-corrected chi connectivity index (χ4v) is 1.44. The number of nitrogens with zero attached hydrogens (tertiary/aromatic N) is 3. The summed E-state index contributed by atoms with van der Waals surface area (Å²) < 4.78 is 0. The van der Waals surface area contributed by atoms with Crippen LogP contribution in [-0.4, -0.2) is 23.3 Å². The Bertz CT molecular complexity index is 295. The van der Waals surface area contributed by atoms with Crippen molar-refractivity contribution in [3.8, 4) is 0 Å². The lowest BCUT2D eigenvalue weighted by Gasteiger charge is -2.18. The predicted molar refractivity (Wildman–Crippen MR) is 51.3 cm³/mol. The van der Waals surface area contributed by atoms with E-state index in [-0.39, 0.29) is 0 Å². The second-order valence-electron chi connectivity index (χ2n) is 3.43. The summed E-state index contributed by atoms with van der Waals surface area (Å²) in [5.41, 5.74) is 6.69. The lowest BCUT2D eigenvalue weighted by molar-refractivity contribution is 0.839. The first-order valence-corrected chi connectivity index (χ1v) is 4.56. The van der Waals surface area contributed by atoms with Crippen LogP contribution < -0.4 is 10.6 Å². The quantitative estimate of drug-likeness (QED) is 0.733. The van der Waals surface area contributed by atoms with E-state index in [4.69, 9.17) is 5.73 Å². The van der Waals surface area contributed by atoms with Crippen LogP contribution in [0.4, 0.5) is 5.82 Å². The molecule has 1 aliphatic rings. The van der Waals surface area contributed by atoms with Crippen molar-refractivity contribution in [1.29, 1.82) is 0 Å². The van der Waals surface area contributed by atoms with Crippen LogP contribution in [0.5, 0.6) is 0 Å². The van der Waals surface area contributed by atoms with E-state index in [1.807, 2.05) is 6.07 Å². The molecule has 0 aromatic carbocycles. The second kappa shape index (κ2) is 3.30. The minimum atomic E-state index is 0.530. The van der Waals surface area contributed by atoms with Crippen LogP contribution in [0.25, 0.3) is 0 Å². The summed E-state index contributed by atoms with van der Waals surface area (Å²) >= 11 is 0. The van der Waals surface area contributed by atoms with E-state index in [0.717, 1.165) is 11.4 Å². The van der Waals surface area contributed by atoms with E-state index in [0.29, 0.717) is 12.6 Å². The molecule has 4 nitrogen and oxygen atoms in total. The van der Waals surface area contributed by atoms with Gasteiger partial charge in [-0.15, -0.1) is 5.10 Å². The molecule has 1 aromatic rings. The molecule has 1 aromatic heterocycles. The lowest BCUT2D eigenvalue weighted by Crippen LogP contribution is -2.23. The van der Waals surface area contributed by atoms with Crippen molar-refractivity contribution in [2.45, 2.75) is 25.4 Å². The molecule has 0 spiro atoms. The fourth-order valence-electron chi connectivity index (χ4n) is 1.44. The molecule has 0 radical (unpaired) electrons. The number of hydrogen-bond acceptors (Lipinski definition) is 4. The van der Waals surface area contributed by atoms with Crippen LogP contribution in [0.1, 0.15) is 18.4 Å². The summed E-state index contributed by atoms with van der Waals surface area (Å²) in [6, 6.07) is 2.59. The molecule has 0 unspecified atom stereocenters. The van der Waals surface area contributed by atoms with Crippen molar-refractivity contribution in [2.75, 3.05) is 11.9 Å². The van der Waals surface area contributed by atoms with E-state index in [1.165, 1.54) is 12.8 Å². The minimum Gasteiger partial charge on any atom is -0.355 e. The zero-order valence-electron chi connectivity index (χ0n) is 7.77. The Balaban J connectivity index is 2.26. The first-order chi connectivity index (χ1) is 6.33. The Kier molecular flexibility index (Phi) is 2.14. The SMILES string of the molecule is CN(c1nnccc1CN)C1CC1. The number of aromatic nitrogens is 2. The molecular formula is C9H14N4. The molecule has 70 valence electrons. The highest BCUT2D eigenvalue weighted by Gasteiger charge is 2.28. The van der Waals surface area contributed by atoms with E-state index in [2.05, 4.69) is 22.1 Å². The number of rotatable bonds is 3. The summed E-state index contributed by atoms with van der Waals surface area (Å²) in [5, 5.41) is 7.98. The number of hydrogen-bond donors (Lipinski definition) is 1. The molecule has 1 aliphatic carbocycles. The molecule has 0 aliphatic heterocycles. The highest BCUT2D eigenvalue weighted by molar-refractivity contribution is 5.46. The van der Waals surface area contributed by atoms with Gasteiger partial charge < -0.3 is 10.6 Å². The van der Waals surface area contributed by atoms with Gasteiger partial charge in [0.05, 0.1) is 6.20 Å². The summed E-state index contributed by atoms with van der Waals surface area (Å²) in [6.45, 7) is 0.530. The molecule has 1 saturated carbocycles. The van der Waals surface area contributed by atoms with Gasteiger partial charge in [0.2, 0.25) is 0 Å². The number of nitrogens with two attached hydrogens (primary N) is 1. The molecule has 1 heterocycles. The van der Waals surface area contributed by atoms with E-state index in [1.54, 1.807) is 6.20 Å². The van der Waals surface area contributed by atoms with Crippen molar-refractivity contribution >= 4 is 5.82 Å². The third kappa shape index (κ3) is 1.62. The van der Waals surface area contributed by atoms with Crippen LogP contribution in [0.15, 0.2) is 12.3 Å². The van der Waals surface area contributed by atoms with Gasteiger partial charge in [-0.25, -0.2) is 0 Å². The molecule has 1 fully saturated rings. The molecule has 0 saturated heterocycles. The van der Waals surface area contributed by atoms with Gasteiger partial charge in [0.15, 0.2) is 5.82 Å². The maximum absolute atomic E-state index is 5.61. The van der Waals surface area contributed by atoms with Crippen LogP contribution in [0.2, 0.25) is 0 Å². The zero-order chi connectivity index (χ0) is 9.26. The minimum absolute atomic E-state index is 0.530. The van der Waals surface area contributed by atoms with Crippen molar-refractivity contribution in [2.24, 2.45) is 5.73 Å². The van der Waals surface area contributed by atoms with Gasteiger partial charge in [-0.3, -0.25) is 0 Å². The van der Waals surface area contributed by atoms with Gasteiger partial charge in [0.25, 0.3) is 0 Å². The third-order valence-corrected chi connectivity index (χ3v) is 2.43. The van der Waals surface area contributed by atoms with E-state index < -0.39 is 0 Å². The molecule has 2 rings (SSSR count). The summed E-state index contributed by atoms with van der Waals surface area (Å²) in [5.74, 6) is 0.938. The van der Waals surface area contributed by atoms with Crippen molar-refractivity contribution in [3.63, 3.8) is 0 Å². The van der Waals surface area contributed by atoms with Crippen molar-refractivity contribution in [1.82, 2.24) is 10.2 Å². The van der Waals surface area contributed by atoms with Gasteiger partial charge in [-0.05, 0) is 18.9 Å². The molecule has 4 heteroatoms. The summed E-state index contributed by atoms with van der Waals surface area (Å²) in [7, 11) is 2.06. The monoisotopic (exact) mass is 178 g/mol. The Morgan fingerprint density at radius 2 is 2.38 bits per heavy atom. The average Bonchev–Trinajstić information content (AvgIpc) is 3.00. The Morgan fingerprint density at radius 3 is 3.00 bits per heavy atom. The van der Waals surface area contributed by atoms with E-state index >= 15 is 0 Å². The topological polar surface area (TPSA) is 55.0 Å². The Hall–Kier alpha value is -1.16. The van der Waals surface area contributed by atoms with Gasteiger partial charge in [-0.2, -0.15) is 5.10 Å². The first kappa shape index (κ1) is 8.44. The van der Waals surface area contributed by atoms with Crippen LogP contribution in [0.3, 0.4) is 0 Å². The van der Waals surface area contributed by atoms with Crippen LogP contribution >= 0.6 is 0 Å². The Labute approximate surface area is 77.8 Å². The van der Waals surface area contributed by atoms with Crippen LogP contribution in [-0.2, 0) is 6.54 Å². The third-order valence-electron chi connectivity index (χ3n) is 2.43. The normalized spacial score (nSPS) is 15.8. The highest BCUT2D eigenvalue weighted by atomic mass is 15.3. The fraction of sp³-hybridized carbons (Fsp3) is 0.556. The van der Waals surface area contributed by atoms with Gasteiger partial charge in [-0.1, -0.05) is 0 Å². The average molecular weight is 178 g/mol. The maximum atomic E-state index is 5.61. The van der Waals surface area contributed by atoms with Crippen molar-refractivity contribution < 1.29 is 0 Å². The summed E-state index contributed by atoms with van der Waals surface area (Å²) in [6.07, 6.45) is 4.21. The van der Waals surface area contributed by atoms with Gasteiger partial charge >= 0.3 is 0 Å². The molecule has 0 atom stereocenters. The van der Waals surface area contributed by atoms with Crippen LogP contribution in [0, 0.1) is 0 Å². The van der Waals surface area contributed by atoms with Crippen molar-refractivity contribution in [3.05, 3.63) is 17.8 Å². The number of anilines is 1. The second-order valence-corrected chi connectivity index (χ2v) is 3.43. The smallest absolute Gasteiger partial charge is 0.155 e. The molecule has 2 N–H and O–H groups in total. The molecule has 0 amide bonds. The highest BCUT2D eigenvalue weighted by Crippen LogP contribution is 2.30. The maximum Gasteiger partial charge on any atom is 0.155 e. The van der Waals surface area contributed by atoms with E-state index in [9.17, 15) is 0 Å². The van der Waals surface area contributed by atoms with Gasteiger partial charge in [0.1, 0.15) is 0 Å². The Morgan fingerprint density at radius 1 is 1.62 bits per heavy atom. The molecular weight excluding hydrogens is 164 g/mol. The summed E-state index contributed by atoms with van der Waals surface area (Å²) in [4.78, 5) is 2.18. The molecule has 0 bridgehead atoms. The standard InChI is InChI=1S/C9H14N4/c1-13(8-2-3-8)9-7(6-10)4-5-11-12-9/h4-5,8H,2-3,6,10H2,1H3. The lowest BCUT2D eigenvalue weighted by atomic mass is 10.2. The largest absolute Gasteiger partial charge is 0.355 e. The first-order valence-electron chi connectivity index (χ1n) is 4.56.